The molecule has 16 heavy (non-hydrogen) atoms. The van der Waals surface area contributed by atoms with Crippen LogP contribution in [0.4, 0.5) is 5.82 Å². The van der Waals surface area contributed by atoms with Crippen LogP contribution in [0.5, 0.6) is 0 Å². The van der Waals surface area contributed by atoms with Gasteiger partial charge in [-0.3, -0.25) is 9.59 Å². The number of nitrogens with zero attached hydrogens (tertiary/aromatic N) is 1. The summed E-state index contributed by atoms with van der Waals surface area (Å²) in [5.41, 5.74) is 5.41. The highest BCUT2D eigenvalue weighted by Crippen LogP contribution is 2.04. The molecule has 0 bridgehead atoms. The third-order valence-electron chi connectivity index (χ3n) is 2.06. The molecule has 0 aromatic carbocycles. The van der Waals surface area contributed by atoms with Gasteiger partial charge >= 0.3 is 0 Å². The number of hydrogen-bond acceptors (Lipinski definition) is 4. The fourth-order valence-electron chi connectivity index (χ4n) is 1.03. The van der Waals surface area contributed by atoms with Crippen molar-refractivity contribution in [3.05, 3.63) is 23.9 Å². The molecule has 4 N–H and O–H groups in total. The standard InChI is InChI=1S/C10H14N4O2/c1-6(9(11)15)14-10(16)7-3-4-8(12-2)13-5-7/h3-6H,1-2H3,(H2,11,15)(H,12,13)(H,14,16). The van der Waals surface area contributed by atoms with Gasteiger partial charge in [-0.1, -0.05) is 0 Å². The van der Waals surface area contributed by atoms with Crippen molar-refractivity contribution in [1.82, 2.24) is 10.3 Å². The van der Waals surface area contributed by atoms with E-state index in [1.807, 2.05) is 0 Å². The van der Waals surface area contributed by atoms with Gasteiger partial charge in [0.15, 0.2) is 0 Å². The molecule has 0 aliphatic carbocycles. The van der Waals surface area contributed by atoms with E-state index in [4.69, 9.17) is 5.73 Å². The van der Waals surface area contributed by atoms with Crippen LogP contribution in [0.1, 0.15) is 17.3 Å². The zero-order valence-electron chi connectivity index (χ0n) is 9.15. The van der Waals surface area contributed by atoms with Crippen molar-refractivity contribution in [2.24, 2.45) is 5.73 Å². The number of carbonyl (C=O) groups excluding carboxylic acids is 2. The molecule has 1 aromatic heterocycles. The van der Waals surface area contributed by atoms with E-state index in [1.54, 1.807) is 19.2 Å². The summed E-state index contributed by atoms with van der Waals surface area (Å²) in [6.07, 6.45) is 1.43. The summed E-state index contributed by atoms with van der Waals surface area (Å²) in [5, 5.41) is 5.29. The maximum atomic E-state index is 11.6. The zero-order chi connectivity index (χ0) is 12.1. The Kier molecular flexibility index (Phi) is 3.82. The van der Waals surface area contributed by atoms with Gasteiger partial charge in [0, 0.05) is 13.2 Å². The summed E-state index contributed by atoms with van der Waals surface area (Å²) >= 11 is 0. The number of anilines is 1. The number of hydrogen-bond donors (Lipinski definition) is 3. The molecule has 2 amide bonds. The predicted molar refractivity (Wildman–Crippen MR) is 59.9 cm³/mol. The highest BCUT2D eigenvalue weighted by atomic mass is 16.2. The van der Waals surface area contributed by atoms with Crippen molar-refractivity contribution < 1.29 is 9.59 Å². The second-order valence-electron chi connectivity index (χ2n) is 3.28. The van der Waals surface area contributed by atoms with E-state index in [1.165, 1.54) is 13.1 Å². The van der Waals surface area contributed by atoms with Crippen LogP contribution in [0.15, 0.2) is 18.3 Å². The fraction of sp³-hybridized carbons (Fsp3) is 0.300. The molecule has 86 valence electrons. The molecular formula is C10H14N4O2. The lowest BCUT2D eigenvalue weighted by molar-refractivity contribution is -0.119. The highest BCUT2D eigenvalue weighted by Gasteiger charge is 2.13. The van der Waals surface area contributed by atoms with Crippen LogP contribution in [-0.4, -0.2) is 29.9 Å². The summed E-state index contributed by atoms with van der Waals surface area (Å²) in [6.45, 7) is 1.52. The summed E-state index contributed by atoms with van der Waals surface area (Å²) < 4.78 is 0. The van der Waals surface area contributed by atoms with Gasteiger partial charge in [0.05, 0.1) is 5.56 Å². The van der Waals surface area contributed by atoms with Gasteiger partial charge in [-0.2, -0.15) is 0 Å². The van der Waals surface area contributed by atoms with Crippen LogP contribution in [0, 0.1) is 0 Å². The van der Waals surface area contributed by atoms with Gasteiger partial charge in [-0.25, -0.2) is 4.98 Å². The van der Waals surface area contributed by atoms with Gasteiger partial charge in [-0.05, 0) is 19.1 Å². The number of nitrogens with one attached hydrogen (secondary N) is 2. The van der Waals surface area contributed by atoms with Gasteiger partial charge in [0.1, 0.15) is 11.9 Å². The van der Waals surface area contributed by atoms with Crippen LogP contribution in [0.2, 0.25) is 0 Å². The number of nitrogens with two attached hydrogens (primary N) is 1. The SMILES string of the molecule is CNc1ccc(C(=O)NC(C)C(N)=O)cn1. The fourth-order valence-corrected chi connectivity index (χ4v) is 1.03. The summed E-state index contributed by atoms with van der Waals surface area (Å²) in [4.78, 5) is 26.3. The molecule has 6 nitrogen and oxygen atoms in total. The lowest BCUT2D eigenvalue weighted by atomic mass is 10.2. The van der Waals surface area contributed by atoms with Gasteiger partial charge in [0.2, 0.25) is 5.91 Å². The first-order valence-corrected chi connectivity index (χ1v) is 4.78. The number of amides is 2. The first-order valence-electron chi connectivity index (χ1n) is 4.78. The monoisotopic (exact) mass is 222 g/mol. The van der Waals surface area contributed by atoms with Crippen molar-refractivity contribution in [1.29, 1.82) is 0 Å². The van der Waals surface area contributed by atoms with Crippen molar-refractivity contribution in [3.8, 4) is 0 Å². The molecular weight excluding hydrogens is 208 g/mol. The van der Waals surface area contributed by atoms with Crippen molar-refractivity contribution in [2.75, 3.05) is 12.4 Å². The van der Waals surface area contributed by atoms with Crippen LogP contribution in [-0.2, 0) is 4.79 Å². The van der Waals surface area contributed by atoms with Gasteiger partial charge < -0.3 is 16.4 Å². The lowest BCUT2D eigenvalue weighted by Gasteiger charge is -2.09. The Balaban J connectivity index is 2.69. The molecule has 0 aliphatic heterocycles. The molecule has 0 saturated heterocycles. The maximum absolute atomic E-state index is 11.6. The topological polar surface area (TPSA) is 97.1 Å². The van der Waals surface area contributed by atoms with Crippen molar-refractivity contribution >= 4 is 17.6 Å². The Bertz CT molecular complexity index is 388. The molecule has 1 rings (SSSR count). The third kappa shape index (κ3) is 2.94. The highest BCUT2D eigenvalue weighted by molar-refractivity contribution is 5.97. The van der Waals surface area contributed by atoms with E-state index < -0.39 is 11.9 Å². The number of primary amides is 1. The molecule has 0 radical (unpaired) electrons. The first kappa shape index (κ1) is 12.0. The minimum atomic E-state index is -0.698. The second kappa shape index (κ2) is 5.11. The normalized spacial score (nSPS) is 11.6. The van der Waals surface area contributed by atoms with Gasteiger partial charge in [0.25, 0.3) is 5.91 Å². The quantitative estimate of drug-likeness (QED) is 0.653. The average molecular weight is 222 g/mol. The lowest BCUT2D eigenvalue weighted by Crippen LogP contribution is -2.42. The Labute approximate surface area is 93.2 Å². The Hall–Kier alpha value is -2.11. The van der Waals surface area contributed by atoms with Crippen LogP contribution in [0.25, 0.3) is 0 Å². The summed E-state index contributed by atoms with van der Waals surface area (Å²) in [5.74, 6) is -0.283. The zero-order valence-corrected chi connectivity index (χ0v) is 9.15. The summed E-state index contributed by atoms with van der Waals surface area (Å²) in [7, 11) is 1.73. The Morgan fingerprint density at radius 3 is 2.56 bits per heavy atom. The number of aromatic nitrogens is 1. The second-order valence-corrected chi connectivity index (χ2v) is 3.28. The predicted octanol–water partition coefficient (Wildman–Crippen LogP) is -0.273. The molecule has 0 saturated carbocycles. The van der Waals surface area contributed by atoms with Crippen molar-refractivity contribution in [3.63, 3.8) is 0 Å². The molecule has 6 heteroatoms. The minimum absolute atomic E-state index is 0.374. The Morgan fingerprint density at radius 1 is 1.44 bits per heavy atom. The van der Waals surface area contributed by atoms with E-state index >= 15 is 0 Å². The molecule has 1 heterocycles. The summed E-state index contributed by atoms with van der Waals surface area (Å²) in [6, 6.07) is 2.59. The minimum Gasteiger partial charge on any atom is -0.373 e. The molecule has 0 aliphatic rings. The van der Waals surface area contributed by atoms with Crippen LogP contribution >= 0.6 is 0 Å². The van der Waals surface area contributed by atoms with E-state index in [-0.39, 0.29) is 5.91 Å². The van der Waals surface area contributed by atoms with E-state index in [0.717, 1.165) is 0 Å². The number of pyridine rings is 1. The Morgan fingerprint density at radius 2 is 2.12 bits per heavy atom. The van der Waals surface area contributed by atoms with E-state index in [0.29, 0.717) is 11.4 Å². The molecule has 1 aromatic rings. The number of rotatable bonds is 4. The van der Waals surface area contributed by atoms with E-state index in [9.17, 15) is 9.59 Å². The van der Waals surface area contributed by atoms with Crippen LogP contribution < -0.4 is 16.4 Å². The first-order chi connectivity index (χ1) is 7.54. The maximum Gasteiger partial charge on any atom is 0.253 e. The third-order valence-corrected chi connectivity index (χ3v) is 2.06. The average Bonchev–Trinajstić information content (AvgIpc) is 2.28. The van der Waals surface area contributed by atoms with E-state index in [2.05, 4.69) is 15.6 Å². The van der Waals surface area contributed by atoms with Gasteiger partial charge in [-0.15, -0.1) is 0 Å². The molecule has 0 fully saturated rings. The van der Waals surface area contributed by atoms with Crippen LogP contribution in [0.3, 0.4) is 0 Å². The largest absolute Gasteiger partial charge is 0.373 e. The smallest absolute Gasteiger partial charge is 0.253 e. The molecule has 1 atom stereocenters. The van der Waals surface area contributed by atoms with Crippen molar-refractivity contribution in [2.45, 2.75) is 13.0 Å². The number of carbonyl (C=O) groups is 2. The molecule has 1 unspecified atom stereocenters. The molecule has 0 spiro atoms.